The normalized spacial score (nSPS) is 21.0. The van der Waals surface area contributed by atoms with Crippen LogP contribution in [0.5, 0.6) is 0 Å². The van der Waals surface area contributed by atoms with Crippen LogP contribution in [0, 0.1) is 6.92 Å². The second-order valence-electron chi connectivity index (χ2n) is 7.83. The number of nitrogen functional groups attached to an aromatic ring is 1. The van der Waals surface area contributed by atoms with E-state index < -0.39 is 36.7 Å². The van der Waals surface area contributed by atoms with Crippen molar-refractivity contribution in [3.05, 3.63) is 41.2 Å². The Morgan fingerprint density at radius 2 is 2.06 bits per heavy atom. The molecular weight excluding hydrogens is 410 g/mol. The fourth-order valence-corrected chi connectivity index (χ4v) is 3.67. The molecule has 1 aliphatic carbocycles. The van der Waals surface area contributed by atoms with Crippen LogP contribution in [0.4, 0.5) is 14.6 Å². The molecule has 1 aromatic heterocycles. The van der Waals surface area contributed by atoms with Crippen LogP contribution in [0.2, 0.25) is 0 Å². The Kier molecular flexibility index (Phi) is 6.83. The van der Waals surface area contributed by atoms with Gasteiger partial charge in [0.1, 0.15) is 0 Å². The highest BCUT2D eigenvalue weighted by Gasteiger charge is 2.39. The second-order valence-corrected chi connectivity index (χ2v) is 7.83. The summed E-state index contributed by atoms with van der Waals surface area (Å²) in [5, 5.41) is 32.3. The number of anilines is 1. The molecule has 2 aromatic rings. The Balaban J connectivity index is 1.96. The van der Waals surface area contributed by atoms with Crippen molar-refractivity contribution in [2.45, 2.75) is 56.8 Å². The van der Waals surface area contributed by atoms with Gasteiger partial charge in [0.2, 0.25) is 0 Å². The minimum atomic E-state index is -3.21. The molecule has 3 rings (SSSR count). The number of nitrogens with one attached hydrogen (secondary N) is 1. The van der Waals surface area contributed by atoms with Crippen LogP contribution < -0.4 is 11.1 Å². The molecule has 168 valence electrons. The largest absolute Gasteiger partial charge is 0.393 e. The zero-order valence-electron chi connectivity index (χ0n) is 17.1. The van der Waals surface area contributed by atoms with Crippen molar-refractivity contribution in [3.63, 3.8) is 0 Å². The number of nitrogens with zero attached hydrogens (tertiary/aromatic N) is 2. The van der Waals surface area contributed by atoms with E-state index in [1.165, 1.54) is 24.4 Å². The first kappa shape index (κ1) is 23.0. The molecule has 6 N–H and O–H groups in total. The van der Waals surface area contributed by atoms with E-state index in [0.29, 0.717) is 24.0 Å². The number of aliphatic hydroxyl groups excluding tert-OH is 2. The maximum atomic E-state index is 13.4. The highest BCUT2D eigenvalue weighted by Crippen LogP contribution is 2.32. The summed E-state index contributed by atoms with van der Waals surface area (Å²) >= 11 is 0. The van der Waals surface area contributed by atoms with E-state index in [4.69, 9.17) is 5.73 Å². The van der Waals surface area contributed by atoms with E-state index in [9.17, 15) is 28.9 Å². The van der Waals surface area contributed by atoms with Gasteiger partial charge in [-0.15, -0.1) is 0 Å². The molecule has 1 amide bonds. The van der Waals surface area contributed by atoms with Gasteiger partial charge in [0.05, 0.1) is 30.6 Å². The molecule has 0 aliphatic heterocycles. The van der Waals surface area contributed by atoms with Gasteiger partial charge in [-0.25, -0.2) is 18.7 Å². The number of alkyl halides is 2. The lowest BCUT2D eigenvalue weighted by Gasteiger charge is -2.28. The lowest BCUT2D eigenvalue weighted by Crippen LogP contribution is -2.45. The molecule has 0 radical (unpaired) electrons. The number of benzene rings is 1. The standard InChI is InChI=1S/C21H26F2N4O4/c1-11-6-7-12(21(31,10-28)20(22)23)8-13(11)15-9-25-18(24)17(26-15)19(30)27-14-4-2-3-5-16(14)29/h6-9,14,16,20,28-29,31H,2-5,10H2,1H3,(H2,24,25)(H,27,30)/t14-,16-,21-/m1/s1. The van der Waals surface area contributed by atoms with Crippen LogP contribution in [0.3, 0.4) is 0 Å². The van der Waals surface area contributed by atoms with Crippen molar-refractivity contribution < 1.29 is 28.9 Å². The third-order valence-electron chi connectivity index (χ3n) is 5.68. The summed E-state index contributed by atoms with van der Waals surface area (Å²) in [5.74, 6) is -0.703. The number of carbonyl (C=O) groups excluding carboxylic acids is 1. The number of carbonyl (C=O) groups is 1. The third kappa shape index (κ3) is 4.65. The Morgan fingerprint density at radius 1 is 1.35 bits per heavy atom. The quantitative estimate of drug-likeness (QED) is 0.462. The van der Waals surface area contributed by atoms with E-state index in [-0.39, 0.29) is 22.8 Å². The number of halogens is 2. The first-order valence-electron chi connectivity index (χ1n) is 10.0. The molecule has 31 heavy (non-hydrogen) atoms. The number of aromatic nitrogens is 2. The van der Waals surface area contributed by atoms with Gasteiger partial charge in [0.15, 0.2) is 17.1 Å². The summed E-state index contributed by atoms with van der Waals surface area (Å²) in [6, 6.07) is 3.67. The summed E-state index contributed by atoms with van der Waals surface area (Å²) in [7, 11) is 0. The SMILES string of the molecule is Cc1ccc([C@](O)(CO)C(F)F)cc1-c1cnc(N)c(C(=O)N[C@@H]2CCCC[C@H]2O)n1. The van der Waals surface area contributed by atoms with Crippen LogP contribution in [0.25, 0.3) is 11.3 Å². The highest BCUT2D eigenvalue weighted by molar-refractivity contribution is 5.97. The highest BCUT2D eigenvalue weighted by atomic mass is 19.3. The van der Waals surface area contributed by atoms with Crippen LogP contribution >= 0.6 is 0 Å². The number of hydrogen-bond acceptors (Lipinski definition) is 7. The molecule has 1 heterocycles. The van der Waals surface area contributed by atoms with E-state index in [2.05, 4.69) is 15.3 Å². The van der Waals surface area contributed by atoms with Crippen molar-refractivity contribution in [2.24, 2.45) is 0 Å². The summed E-state index contributed by atoms with van der Waals surface area (Å²) in [5.41, 5.74) is 3.94. The van der Waals surface area contributed by atoms with Crippen molar-refractivity contribution in [3.8, 4) is 11.3 Å². The maximum Gasteiger partial charge on any atom is 0.274 e. The summed E-state index contributed by atoms with van der Waals surface area (Å²) in [6.45, 7) is 0.535. The molecule has 1 fully saturated rings. The van der Waals surface area contributed by atoms with Crippen molar-refractivity contribution in [1.29, 1.82) is 0 Å². The Morgan fingerprint density at radius 3 is 2.71 bits per heavy atom. The number of amides is 1. The maximum absolute atomic E-state index is 13.4. The van der Waals surface area contributed by atoms with E-state index in [1.807, 2.05) is 0 Å². The van der Waals surface area contributed by atoms with Crippen molar-refractivity contribution in [1.82, 2.24) is 15.3 Å². The first-order chi connectivity index (χ1) is 14.7. The minimum absolute atomic E-state index is 0.111. The Bertz CT molecular complexity index is 959. The summed E-state index contributed by atoms with van der Waals surface area (Å²) < 4.78 is 26.7. The smallest absolute Gasteiger partial charge is 0.274 e. The molecular formula is C21H26F2N4O4. The Hall–Kier alpha value is -2.69. The van der Waals surface area contributed by atoms with Gasteiger partial charge in [-0.05, 0) is 37.0 Å². The van der Waals surface area contributed by atoms with Gasteiger partial charge < -0.3 is 26.4 Å². The lowest BCUT2D eigenvalue weighted by molar-refractivity contribution is -0.129. The molecule has 3 atom stereocenters. The molecule has 1 saturated carbocycles. The van der Waals surface area contributed by atoms with E-state index >= 15 is 0 Å². The lowest BCUT2D eigenvalue weighted by atomic mass is 9.91. The van der Waals surface area contributed by atoms with Gasteiger partial charge in [-0.2, -0.15) is 0 Å². The first-order valence-corrected chi connectivity index (χ1v) is 10.0. The average Bonchev–Trinajstić information content (AvgIpc) is 2.75. The summed E-state index contributed by atoms with van der Waals surface area (Å²) in [4.78, 5) is 21.0. The van der Waals surface area contributed by atoms with Crippen LogP contribution in [0.1, 0.15) is 47.3 Å². The summed E-state index contributed by atoms with van der Waals surface area (Å²) in [6.07, 6.45) is 0.429. The zero-order chi connectivity index (χ0) is 22.8. The number of nitrogens with two attached hydrogens (primary N) is 1. The fraction of sp³-hybridized carbons (Fsp3) is 0.476. The molecule has 0 spiro atoms. The van der Waals surface area contributed by atoms with Gasteiger partial charge >= 0.3 is 0 Å². The number of aryl methyl sites for hydroxylation is 1. The van der Waals surface area contributed by atoms with Crippen molar-refractivity contribution in [2.75, 3.05) is 12.3 Å². The van der Waals surface area contributed by atoms with E-state index in [0.717, 1.165) is 12.8 Å². The third-order valence-corrected chi connectivity index (χ3v) is 5.68. The minimum Gasteiger partial charge on any atom is -0.393 e. The van der Waals surface area contributed by atoms with Gasteiger partial charge in [-0.3, -0.25) is 4.79 Å². The second kappa shape index (κ2) is 9.21. The fourth-order valence-electron chi connectivity index (χ4n) is 3.67. The topological polar surface area (TPSA) is 142 Å². The monoisotopic (exact) mass is 436 g/mol. The van der Waals surface area contributed by atoms with Crippen LogP contribution in [-0.4, -0.2) is 56.4 Å². The van der Waals surface area contributed by atoms with Gasteiger partial charge in [0, 0.05) is 5.56 Å². The Labute approximate surface area is 178 Å². The van der Waals surface area contributed by atoms with Crippen LogP contribution in [0.15, 0.2) is 24.4 Å². The average molecular weight is 436 g/mol. The zero-order valence-corrected chi connectivity index (χ0v) is 17.1. The predicted molar refractivity (Wildman–Crippen MR) is 109 cm³/mol. The van der Waals surface area contributed by atoms with E-state index in [1.54, 1.807) is 6.92 Å². The number of hydrogen-bond donors (Lipinski definition) is 5. The molecule has 0 unspecified atom stereocenters. The molecule has 10 heteroatoms. The molecule has 8 nitrogen and oxygen atoms in total. The molecule has 0 saturated heterocycles. The predicted octanol–water partition coefficient (Wildman–Crippen LogP) is 1.51. The van der Waals surface area contributed by atoms with Gasteiger partial charge in [0.25, 0.3) is 12.3 Å². The molecule has 1 aliphatic rings. The molecule has 0 bridgehead atoms. The number of rotatable bonds is 6. The number of aliphatic hydroxyl groups is 3. The van der Waals surface area contributed by atoms with Crippen LogP contribution in [-0.2, 0) is 5.60 Å². The van der Waals surface area contributed by atoms with Gasteiger partial charge in [-0.1, -0.05) is 25.0 Å². The van der Waals surface area contributed by atoms with Crippen molar-refractivity contribution >= 4 is 11.7 Å². The molecule has 1 aromatic carbocycles.